The number of hydrogen-bond donors (Lipinski definition) is 3. The summed E-state index contributed by atoms with van der Waals surface area (Å²) in [7, 11) is 0. The summed E-state index contributed by atoms with van der Waals surface area (Å²) in [6, 6.07) is 0.117. The Morgan fingerprint density at radius 2 is 2.31 bits per heavy atom. The maximum Gasteiger partial charge on any atom is 0.234 e. The average Bonchev–Trinajstić information content (AvgIpc) is 2.51. The topological polar surface area (TPSA) is 64.6 Å². The maximum absolute atomic E-state index is 11.1. The predicted octanol–water partition coefficient (Wildman–Crippen LogP) is -2.25. The van der Waals surface area contributed by atoms with Crippen LogP contribution in [0, 0.1) is 0 Å². The molecule has 0 saturated carbocycles. The number of amides is 1. The number of nitrogens with one attached hydrogen (secondary N) is 2. The minimum Gasteiger partial charge on any atom is -0.390 e. The van der Waals surface area contributed by atoms with Crippen LogP contribution in [0.2, 0.25) is 0 Å². The molecule has 0 aromatic carbocycles. The third-order valence-corrected chi connectivity index (χ3v) is 2.69. The van der Waals surface area contributed by atoms with Crippen molar-refractivity contribution >= 4 is 5.91 Å². The molecule has 0 spiro atoms. The minimum absolute atomic E-state index is 0.0605. The Bertz CT molecular complexity index is 210. The van der Waals surface area contributed by atoms with Crippen molar-refractivity contribution in [1.82, 2.24) is 15.5 Å². The molecule has 0 aliphatic carbocycles. The molecule has 1 amide bonds. The molecular weight excluding hydrogens is 170 g/mol. The quantitative estimate of drug-likeness (QED) is 0.432. The normalized spacial score (nSPS) is 36.2. The Hall–Kier alpha value is -0.650. The molecule has 0 aromatic heterocycles. The van der Waals surface area contributed by atoms with Gasteiger partial charge >= 0.3 is 0 Å². The van der Waals surface area contributed by atoms with Crippen LogP contribution in [-0.2, 0) is 4.79 Å². The van der Waals surface area contributed by atoms with Gasteiger partial charge in [-0.1, -0.05) is 0 Å². The summed E-state index contributed by atoms with van der Waals surface area (Å²) >= 11 is 0. The van der Waals surface area contributed by atoms with E-state index in [0.717, 1.165) is 13.1 Å². The Balaban J connectivity index is 1.95. The van der Waals surface area contributed by atoms with E-state index in [1.165, 1.54) is 0 Å². The van der Waals surface area contributed by atoms with Crippen molar-refractivity contribution in [1.29, 1.82) is 0 Å². The highest BCUT2D eigenvalue weighted by atomic mass is 16.3. The van der Waals surface area contributed by atoms with E-state index in [4.69, 9.17) is 0 Å². The molecule has 2 aliphatic heterocycles. The number of aliphatic hydroxyl groups excluding tert-OH is 1. The molecule has 0 bridgehead atoms. The fourth-order valence-corrected chi connectivity index (χ4v) is 1.97. The van der Waals surface area contributed by atoms with E-state index in [-0.39, 0.29) is 18.1 Å². The second kappa shape index (κ2) is 3.61. The standard InChI is InChI=1S/C8H15N3O2/c12-7-4-9-3-6(7)11-2-1-10-8(13)5-11/h6-7,9,12H,1-5H2,(H,10,13)/t6-,7-/m1/s1. The van der Waals surface area contributed by atoms with Crippen LogP contribution in [-0.4, -0.2) is 60.8 Å². The lowest BCUT2D eigenvalue weighted by Crippen LogP contribution is -2.54. The van der Waals surface area contributed by atoms with Gasteiger partial charge in [0.15, 0.2) is 0 Å². The van der Waals surface area contributed by atoms with Crippen molar-refractivity contribution in [2.45, 2.75) is 12.1 Å². The summed E-state index contributed by atoms with van der Waals surface area (Å²) in [6.45, 7) is 3.39. The number of rotatable bonds is 1. The van der Waals surface area contributed by atoms with Gasteiger partial charge in [0, 0.05) is 32.2 Å². The van der Waals surface area contributed by atoms with E-state index >= 15 is 0 Å². The van der Waals surface area contributed by atoms with Gasteiger partial charge in [-0.15, -0.1) is 0 Å². The predicted molar refractivity (Wildman–Crippen MR) is 47.2 cm³/mol. The van der Waals surface area contributed by atoms with Gasteiger partial charge in [0.2, 0.25) is 5.91 Å². The summed E-state index contributed by atoms with van der Waals surface area (Å²) in [4.78, 5) is 13.1. The number of carbonyl (C=O) groups excluding carboxylic acids is 1. The molecule has 2 fully saturated rings. The lowest BCUT2D eigenvalue weighted by Gasteiger charge is -2.32. The van der Waals surface area contributed by atoms with Crippen LogP contribution in [0.25, 0.3) is 0 Å². The zero-order valence-corrected chi connectivity index (χ0v) is 7.49. The van der Waals surface area contributed by atoms with Crippen LogP contribution in [0.5, 0.6) is 0 Å². The molecular formula is C8H15N3O2. The Labute approximate surface area is 77.1 Å². The van der Waals surface area contributed by atoms with Crippen molar-refractivity contribution in [2.75, 3.05) is 32.7 Å². The van der Waals surface area contributed by atoms with Crippen molar-refractivity contribution in [3.05, 3.63) is 0 Å². The van der Waals surface area contributed by atoms with E-state index in [0.29, 0.717) is 19.6 Å². The molecule has 74 valence electrons. The Morgan fingerprint density at radius 3 is 2.92 bits per heavy atom. The summed E-state index contributed by atoms with van der Waals surface area (Å²) in [5.41, 5.74) is 0. The zero-order valence-electron chi connectivity index (χ0n) is 7.49. The van der Waals surface area contributed by atoms with E-state index in [1.807, 2.05) is 4.90 Å². The Kier molecular flexibility index (Phi) is 2.48. The molecule has 2 atom stereocenters. The summed E-state index contributed by atoms with van der Waals surface area (Å²) in [5.74, 6) is 0.0605. The molecule has 2 aliphatic rings. The lowest BCUT2D eigenvalue weighted by molar-refractivity contribution is -0.125. The van der Waals surface area contributed by atoms with E-state index in [9.17, 15) is 9.90 Å². The smallest absolute Gasteiger partial charge is 0.234 e. The van der Waals surface area contributed by atoms with Crippen LogP contribution in [0.1, 0.15) is 0 Å². The summed E-state index contributed by atoms with van der Waals surface area (Å²) < 4.78 is 0. The van der Waals surface area contributed by atoms with E-state index in [2.05, 4.69) is 10.6 Å². The van der Waals surface area contributed by atoms with Crippen LogP contribution >= 0.6 is 0 Å². The maximum atomic E-state index is 11.1. The molecule has 5 nitrogen and oxygen atoms in total. The van der Waals surface area contributed by atoms with Gasteiger partial charge in [-0.3, -0.25) is 9.69 Å². The average molecular weight is 185 g/mol. The number of hydrogen-bond acceptors (Lipinski definition) is 4. The van der Waals surface area contributed by atoms with Crippen LogP contribution in [0.3, 0.4) is 0 Å². The number of carbonyl (C=O) groups is 1. The monoisotopic (exact) mass is 185 g/mol. The SMILES string of the molecule is O=C1CN([C@@H]2CNC[C@H]2O)CCN1. The molecule has 2 heterocycles. The second-order valence-corrected chi connectivity index (χ2v) is 3.61. The van der Waals surface area contributed by atoms with Crippen LogP contribution < -0.4 is 10.6 Å². The summed E-state index contributed by atoms with van der Waals surface area (Å²) in [5, 5.41) is 15.5. The summed E-state index contributed by atoms with van der Waals surface area (Å²) in [6.07, 6.45) is -0.328. The molecule has 2 rings (SSSR count). The highest BCUT2D eigenvalue weighted by Crippen LogP contribution is 2.09. The lowest BCUT2D eigenvalue weighted by atomic mass is 10.1. The number of piperazine rings is 1. The zero-order chi connectivity index (χ0) is 9.26. The first-order valence-electron chi connectivity index (χ1n) is 4.67. The van der Waals surface area contributed by atoms with Gasteiger partial charge in [0.05, 0.1) is 12.6 Å². The molecule has 3 N–H and O–H groups in total. The molecule has 2 saturated heterocycles. The van der Waals surface area contributed by atoms with Crippen LogP contribution in [0.15, 0.2) is 0 Å². The van der Waals surface area contributed by atoms with Crippen molar-refractivity contribution in [3.8, 4) is 0 Å². The fraction of sp³-hybridized carbons (Fsp3) is 0.875. The Morgan fingerprint density at radius 1 is 1.46 bits per heavy atom. The molecule has 13 heavy (non-hydrogen) atoms. The van der Waals surface area contributed by atoms with Gasteiger partial charge in [-0.25, -0.2) is 0 Å². The first kappa shape index (κ1) is 8.93. The van der Waals surface area contributed by atoms with Gasteiger partial charge in [0.1, 0.15) is 0 Å². The van der Waals surface area contributed by atoms with Crippen molar-refractivity contribution in [3.63, 3.8) is 0 Å². The molecule has 0 aromatic rings. The highest BCUT2D eigenvalue weighted by Gasteiger charge is 2.32. The molecule has 0 radical (unpaired) electrons. The van der Waals surface area contributed by atoms with E-state index < -0.39 is 0 Å². The van der Waals surface area contributed by atoms with Gasteiger partial charge in [-0.2, -0.15) is 0 Å². The minimum atomic E-state index is -0.328. The number of nitrogens with zero attached hydrogens (tertiary/aromatic N) is 1. The van der Waals surface area contributed by atoms with Gasteiger partial charge in [-0.05, 0) is 0 Å². The van der Waals surface area contributed by atoms with Crippen LogP contribution in [0.4, 0.5) is 0 Å². The second-order valence-electron chi connectivity index (χ2n) is 3.61. The fourth-order valence-electron chi connectivity index (χ4n) is 1.97. The first-order valence-corrected chi connectivity index (χ1v) is 4.67. The highest BCUT2D eigenvalue weighted by molar-refractivity contribution is 5.78. The van der Waals surface area contributed by atoms with Crippen molar-refractivity contribution in [2.24, 2.45) is 0 Å². The third kappa shape index (κ3) is 1.82. The van der Waals surface area contributed by atoms with Gasteiger partial charge < -0.3 is 15.7 Å². The van der Waals surface area contributed by atoms with Gasteiger partial charge in [0.25, 0.3) is 0 Å². The largest absolute Gasteiger partial charge is 0.390 e. The van der Waals surface area contributed by atoms with Crippen molar-refractivity contribution < 1.29 is 9.90 Å². The number of β-amino-alcohol motifs (C(OH)–C–C–N with tert-alkyl or cyclic N) is 1. The molecule has 5 heteroatoms. The van der Waals surface area contributed by atoms with E-state index in [1.54, 1.807) is 0 Å². The third-order valence-electron chi connectivity index (χ3n) is 2.69. The first-order chi connectivity index (χ1) is 6.27. The number of aliphatic hydroxyl groups is 1. The molecule has 0 unspecified atom stereocenters.